The number of carbonyl (C=O) groups excluding carboxylic acids is 2. The lowest BCUT2D eigenvalue weighted by molar-refractivity contribution is -0.870. The van der Waals surface area contributed by atoms with Crippen LogP contribution >= 0.6 is 7.82 Å². The molecule has 0 rings (SSSR count). The fourth-order valence-corrected chi connectivity index (χ4v) is 12.0. The molecule has 0 saturated carbocycles. The van der Waals surface area contributed by atoms with Gasteiger partial charge in [0.05, 0.1) is 27.7 Å². The van der Waals surface area contributed by atoms with Crippen LogP contribution < -0.4 is 0 Å². The Kier molecular flexibility index (Phi) is 73.8. The van der Waals surface area contributed by atoms with Gasteiger partial charge in [-0.15, -0.1) is 0 Å². The highest BCUT2D eigenvalue weighted by Gasteiger charge is 2.27. The number of nitrogens with zero attached hydrogens (tertiary/aromatic N) is 1. The second kappa shape index (κ2) is 77.1. The first-order chi connectivity index (χ1) is 48.0. The number of carbonyl (C=O) groups is 2. The lowest BCUT2D eigenvalue weighted by Crippen LogP contribution is -2.37. The van der Waals surface area contributed by atoms with Crippen molar-refractivity contribution in [3.63, 3.8) is 0 Å². The Labute approximate surface area is 605 Å². The van der Waals surface area contributed by atoms with Crippen LogP contribution in [-0.2, 0) is 32.7 Å². The average molecular weight is 1380 g/mol. The van der Waals surface area contributed by atoms with Gasteiger partial charge in [0.2, 0.25) is 0 Å². The monoisotopic (exact) mass is 1380 g/mol. The van der Waals surface area contributed by atoms with E-state index in [-0.39, 0.29) is 32.0 Å². The van der Waals surface area contributed by atoms with E-state index in [0.717, 1.165) is 109 Å². The van der Waals surface area contributed by atoms with Crippen molar-refractivity contribution in [3.05, 3.63) is 146 Å². The maximum atomic E-state index is 12.9. The maximum Gasteiger partial charge on any atom is 0.472 e. The van der Waals surface area contributed by atoms with Crippen molar-refractivity contribution in [2.24, 2.45) is 0 Å². The number of ether oxygens (including phenoxy) is 2. The number of phosphoric ester groups is 1. The standard InChI is InChI=1S/C88H152NO8P/c1-6-8-10-12-14-16-18-20-22-24-26-28-30-32-34-36-38-40-42-43-44-45-47-49-51-53-55-57-59-61-63-65-67-69-71-73-75-77-79-81-88(91)97-86(85-96-98(92,93)95-83-82-89(3,4)5)84-94-87(90)80-78-76-74-72-70-68-66-64-62-60-58-56-54-52-50-48-46-41-39-37-35-33-31-29-27-25-23-21-19-17-15-13-11-9-7-2/h8-11,14-17,20-23,26-29,32-35,38-41,86H,6-7,12-13,18-19,24-25,30-31,36-37,42-85H2,1-5H3/p+1/b10-8-,11-9-,16-14-,17-15-,22-20-,23-21-,28-26-,29-27-,34-32-,35-33-,40-38-,41-39-. The molecule has 98 heavy (non-hydrogen) atoms. The lowest BCUT2D eigenvalue weighted by Gasteiger charge is -2.24. The van der Waals surface area contributed by atoms with Crippen molar-refractivity contribution in [2.75, 3.05) is 47.5 Å². The molecular formula is C88H153NO8P+. The van der Waals surface area contributed by atoms with Gasteiger partial charge in [0, 0.05) is 12.8 Å². The van der Waals surface area contributed by atoms with Gasteiger partial charge in [-0.05, 0) is 116 Å². The summed E-state index contributed by atoms with van der Waals surface area (Å²) in [4.78, 5) is 36.0. The summed E-state index contributed by atoms with van der Waals surface area (Å²) >= 11 is 0. The molecule has 0 radical (unpaired) electrons. The number of phosphoric acid groups is 1. The molecule has 0 aromatic heterocycles. The van der Waals surface area contributed by atoms with E-state index in [2.05, 4.69) is 160 Å². The number of esters is 2. The highest BCUT2D eigenvalue weighted by molar-refractivity contribution is 7.47. The summed E-state index contributed by atoms with van der Waals surface area (Å²) in [5.74, 6) is -0.787. The zero-order chi connectivity index (χ0) is 71.1. The molecule has 562 valence electrons. The predicted octanol–water partition coefficient (Wildman–Crippen LogP) is 27.3. The lowest BCUT2D eigenvalue weighted by atomic mass is 10.0. The Balaban J connectivity index is 3.96. The molecule has 2 atom stereocenters. The number of allylic oxidation sites excluding steroid dienone is 24. The summed E-state index contributed by atoms with van der Waals surface area (Å²) in [6.07, 6.45) is 114. The van der Waals surface area contributed by atoms with E-state index < -0.39 is 26.5 Å². The van der Waals surface area contributed by atoms with E-state index in [0.29, 0.717) is 17.4 Å². The summed E-state index contributed by atoms with van der Waals surface area (Å²) < 4.78 is 34.8. The summed E-state index contributed by atoms with van der Waals surface area (Å²) in [5.41, 5.74) is 0. The highest BCUT2D eigenvalue weighted by atomic mass is 31.2. The second-order valence-corrected chi connectivity index (χ2v) is 29.5. The molecule has 0 aliphatic carbocycles. The van der Waals surface area contributed by atoms with Crippen LogP contribution in [0.3, 0.4) is 0 Å². The quantitative estimate of drug-likeness (QED) is 0.0211. The van der Waals surface area contributed by atoms with Gasteiger partial charge in [0.15, 0.2) is 6.10 Å². The van der Waals surface area contributed by atoms with Crippen molar-refractivity contribution < 1.29 is 42.1 Å². The number of rotatable bonds is 74. The minimum Gasteiger partial charge on any atom is -0.462 e. The topological polar surface area (TPSA) is 108 Å². The van der Waals surface area contributed by atoms with Crippen molar-refractivity contribution in [2.45, 2.75) is 354 Å². The Morgan fingerprint density at radius 2 is 0.551 bits per heavy atom. The van der Waals surface area contributed by atoms with E-state index in [1.54, 1.807) is 0 Å². The zero-order valence-corrected chi connectivity index (χ0v) is 65.1. The largest absolute Gasteiger partial charge is 0.472 e. The Hall–Kier alpha value is -4.11. The van der Waals surface area contributed by atoms with E-state index in [9.17, 15) is 19.0 Å². The van der Waals surface area contributed by atoms with Crippen LogP contribution in [0.2, 0.25) is 0 Å². The molecule has 0 saturated heterocycles. The zero-order valence-electron chi connectivity index (χ0n) is 64.2. The number of hydrogen-bond donors (Lipinski definition) is 1. The molecule has 10 heteroatoms. The van der Waals surface area contributed by atoms with E-state index in [1.165, 1.54) is 205 Å². The molecule has 9 nitrogen and oxygen atoms in total. The van der Waals surface area contributed by atoms with Crippen LogP contribution in [0.25, 0.3) is 0 Å². The molecule has 0 aliphatic heterocycles. The summed E-state index contributed by atoms with van der Waals surface area (Å²) in [6, 6.07) is 0. The number of hydrogen-bond acceptors (Lipinski definition) is 7. The van der Waals surface area contributed by atoms with Gasteiger partial charge in [0.25, 0.3) is 0 Å². The molecule has 1 N–H and O–H groups in total. The van der Waals surface area contributed by atoms with E-state index in [4.69, 9.17) is 18.5 Å². The fraction of sp³-hybridized carbons (Fsp3) is 0.705. The first-order valence-electron chi connectivity index (χ1n) is 40.6. The minimum atomic E-state index is -4.40. The van der Waals surface area contributed by atoms with Crippen molar-refractivity contribution in [1.29, 1.82) is 0 Å². The van der Waals surface area contributed by atoms with Gasteiger partial charge in [0.1, 0.15) is 19.8 Å². The van der Waals surface area contributed by atoms with Gasteiger partial charge < -0.3 is 18.9 Å². The van der Waals surface area contributed by atoms with Gasteiger partial charge in [-0.25, -0.2) is 4.57 Å². The van der Waals surface area contributed by atoms with E-state index in [1.807, 2.05) is 21.1 Å². The van der Waals surface area contributed by atoms with Gasteiger partial charge in [-0.3, -0.25) is 18.6 Å². The summed E-state index contributed by atoms with van der Waals surface area (Å²) in [6.45, 7) is 4.24. The smallest absolute Gasteiger partial charge is 0.462 e. The molecule has 0 spiro atoms. The van der Waals surface area contributed by atoms with Crippen molar-refractivity contribution in [1.82, 2.24) is 0 Å². The number of quaternary nitrogens is 1. The Bertz CT molecular complexity index is 2170. The molecule has 0 amide bonds. The molecule has 2 unspecified atom stereocenters. The summed E-state index contributed by atoms with van der Waals surface area (Å²) in [5, 5.41) is 0. The third-order valence-corrected chi connectivity index (χ3v) is 18.3. The first kappa shape index (κ1) is 93.9. The normalized spacial score (nSPS) is 13.8. The van der Waals surface area contributed by atoms with Crippen LogP contribution in [-0.4, -0.2) is 74.9 Å². The van der Waals surface area contributed by atoms with Crippen molar-refractivity contribution >= 4 is 19.8 Å². The molecule has 0 aromatic carbocycles. The molecule has 0 aromatic rings. The van der Waals surface area contributed by atoms with Gasteiger partial charge >= 0.3 is 19.8 Å². The number of unbranched alkanes of at least 4 members (excludes halogenated alkanes) is 36. The average Bonchev–Trinajstić information content (AvgIpc) is 1.23. The molecule has 0 bridgehead atoms. The Morgan fingerprint density at radius 1 is 0.316 bits per heavy atom. The third-order valence-electron chi connectivity index (χ3n) is 17.4. The SMILES string of the molecule is CC/C=C\C/C=C\C/C=C\C/C=C\C/C=C\C/C=C\CCCCCCCCCCCCCCCCCCCCCCC(=O)OC(COC(=O)CCCCCCCCCCCCCCCCCC/C=C\C/C=C\C/C=C\C/C=C\C/C=C\C/C=C\CC)COP(=O)(O)OCC[N+](C)(C)C. The molecule has 0 aliphatic rings. The highest BCUT2D eigenvalue weighted by Crippen LogP contribution is 2.43. The van der Waals surface area contributed by atoms with Gasteiger partial charge in [-0.2, -0.15) is 0 Å². The Morgan fingerprint density at radius 3 is 0.816 bits per heavy atom. The fourth-order valence-electron chi connectivity index (χ4n) is 11.3. The molecular weight excluding hydrogens is 1230 g/mol. The number of likely N-dealkylation sites (N-methyl/N-ethyl adjacent to an activating group) is 1. The van der Waals surface area contributed by atoms with E-state index >= 15 is 0 Å². The first-order valence-corrected chi connectivity index (χ1v) is 42.1. The predicted molar refractivity (Wildman–Crippen MR) is 427 cm³/mol. The second-order valence-electron chi connectivity index (χ2n) is 28.0. The maximum absolute atomic E-state index is 12.9. The van der Waals surface area contributed by atoms with Crippen molar-refractivity contribution in [3.8, 4) is 0 Å². The van der Waals surface area contributed by atoms with Crippen LogP contribution in [0.5, 0.6) is 0 Å². The third kappa shape index (κ3) is 80.9. The minimum absolute atomic E-state index is 0.0289. The van der Waals surface area contributed by atoms with Crippen LogP contribution in [0.4, 0.5) is 0 Å². The summed E-state index contributed by atoms with van der Waals surface area (Å²) in [7, 11) is 1.48. The van der Waals surface area contributed by atoms with Crippen LogP contribution in [0, 0.1) is 0 Å². The van der Waals surface area contributed by atoms with Crippen LogP contribution in [0.1, 0.15) is 348 Å². The van der Waals surface area contributed by atoms with Crippen LogP contribution in [0.15, 0.2) is 146 Å². The van der Waals surface area contributed by atoms with Gasteiger partial charge in [-0.1, -0.05) is 365 Å². The molecule has 0 heterocycles. The molecule has 0 fully saturated rings.